The van der Waals surface area contributed by atoms with Gasteiger partial charge in [0.2, 0.25) is 0 Å². The van der Waals surface area contributed by atoms with Crippen molar-refractivity contribution in [3.8, 4) is 22.3 Å². The van der Waals surface area contributed by atoms with Crippen LogP contribution in [0.2, 0.25) is 0 Å². The molecule has 0 spiro atoms. The van der Waals surface area contributed by atoms with E-state index in [1.54, 1.807) is 0 Å². The molecule has 0 fully saturated rings. The third-order valence-electron chi connectivity index (χ3n) is 7.62. The van der Waals surface area contributed by atoms with E-state index in [0.29, 0.717) is 17.8 Å². The zero-order valence-corrected chi connectivity index (χ0v) is 22.3. The molecule has 1 unspecified atom stereocenters. The summed E-state index contributed by atoms with van der Waals surface area (Å²) >= 11 is 7.47. The van der Waals surface area contributed by atoms with E-state index in [1.807, 2.05) is 0 Å². The topological polar surface area (TPSA) is 0 Å². The normalized spacial score (nSPS) is 15.2. The highest BCUT2D eigenvalue weighted by atomic mass is 79.9. The van der Waals surface area contributed by atoms with Gasteiger partial charge in [-0.3, -0.25) is 0 Å². The molecular formula is C31H26Br2. The lowest BCUT2D eigenvalue weighted by Gasteiger charge is -2.26. The second-order valence-electron chi connectivity index (χ2n) is 9.89. The van der Waals surface area contributed by atoms with Crippen molar-refractivity contribution in [2.24, 2.45) is 5.92 Å². The van der Waals surface area contributed by atoms with E-state index in [2.05, 4.69) is 125 Å². The van der Waals surface area contributed by atoms with Crippen molar-refractivity contribution in [3.05, 3.63) is 115 Å². The van der Waals surface area contributed by atoms with Gasteiger partial charge in [-0.2, -0.15) is 0 Å². The molecular weight excluding hydrogens is 532 g/mol. The highest BCUT2D eigenvalue weighted by Crippen LogP contribution is 2.54. The maximum atomic E-state index is 3.74. The van der Waals surface area contributed by atoms with E-state index >= 15 is 0 Å². The third kappa shape index (κ3) is 3.45. The maximum absolute atomic E-state index is 3.74. The van der Waals surface area contributed by atoms with E-state index < -0.39 is 0 Å². The molecule has 4 aromatic rings. The summed E-state index contributed by atoms with van der Waals surface area (Å²) in [4.78, 5) is 0. The van der Waals surface area contributed by atoms with Crippen LogP contribution in [0.1, 0.15) is 58.6 Å². The summed E-state index contributed by atoms with van der Waals surface area (Å²) in [6.45, 7) is 6.85. The molecule has 0 radical (unpaired) electrons. The van der Waals surface area contributed by atoms with Crippen LogP contribution >= 0.6 is 31.9 Å². The molecule has 0 saturated carbocycles. The lowest BCUT2D eigenvalue weighted by atomic mass is 9.78. The Hall–Kier alpha value is -2.16. The quantitative estimate of drug-likeness (QED) is 0.235. The van der Waals surface area contributed by atoms with Crippen molar-refractivity contribution in [1.29, 1.82) is 0 Å². The number of hydrogen-bond donors (Lipinski definition) is 0. The molecule has 0 bridgehead atoms. The molecule has 0 heterocycles. The van der Waals surface area contributed by atoms with E-state index in [0.717, 1.165) is 15.4 Å². The van der Waals surface area contributed by atoms with Crippen LogP contribution in [0.25, 0.3) is 22.3 Å². The molecule has 6 rings (SSSR count). The first-order chi connectivity index (χ1) is 15.9. The van der Waals surface area contributed by atoms with Gasteiger partial charge in [0.25, 0.3) is 0 Å². The molecule has 164 valence electrons. The molecule has 4 aromatic carbocycles. The fraction of sp³-hybridized carbons (Fsp3) is 0.226. The SMILES string of the molecule is Cc1ccc2c(c1)-c1cc(C)ccc1C2CC(C)C1c2cc(Br)ccc2-c2ccc(Br)cc21. The minimum atomic E-state index is 0.397. The largest absolute Gasteiger partial charge is 0.0616 e. The Morgan fingerprint density at radius 1 is 0.606 bits per heavy atom. The molecule has 1 atom stereocenters. The Kier molecular flexibility index (Phi) is 5.16. The van der Waals surface area contributed by atoms with Crippen LogP contribution in [0.5, 0.6) is 0 Å². The summed E-state index contributed by atoms with van der Waals surface area (Å²) in [6, 6.07) is 27.7. The van der Waals surface area contributed by atoms with Crippen molar-refractivity contribution in [3.63, 3.8) is 0 Å². The fourth-order valence-electron chi connectivity index (χ4n) is 6.20. The van der Waals surface area contributed by atoms with Gasteiger partial charge in [-0.1, -0.05) is 98.4 Å². The molecule has 2 heteroatoms. The first kappa shape index (κ1) is 21.4. The molecule has 0 N–H and O–H groups in total. The second-order valence-corrected chi connectivity index (χ2v) is 11.7. The van der Waals surface area contributed by atoms with Crippen molar-refractivity contribution >= 4 is 31.9 Å². The second kappa shape index (κ2) is 7.96. The average molecular weight is 558 g/mol. The lowest BCUT2D eigenvalue weighted by molar-refractivity contribution is 0.456. The molecule has 0 aliphatic heterocycles. The maximum Gasteiger partial charge on any atom is 0.0178 e. The van der Waals surface area contributed by atoms with Crippen molar-refractivity contribution in [2.45, 2.75) is 39.0 Å². The van der Waals surface area contributed by atoms with E-state index in [1.165, 1.54) is 55.6 Å². The molecule has 0 saturated heterocycles. The van der Waals surface area contributed by atoms with Gasteiger partial charge in [-0.15, -0.1) is 0 Å². The highest BCUT2D eigenvalue weighted by Gasteiger charge is 2.36. The van der Waals surface area contributed by atoms with Crippen LogP contribution in [0, 0.1) is 19.8 Å². The van der Waals surface area contributed by atoms with Gasteiger partial charge < -0.3 is 0 Å². The molecule has 2 aliphatic carbocycles. The number of halogens is 2. The third-order valence-corrected chi connectivity index (χ3v) is 8.61. The van der Waals surface area contributed by atoms with Gasteiger partial charge in [0.1, 0.15) is 0 Å². The Labute approximate surface area is 213 Å². The summed E-state index contributed by atoms with van der Waals surface area (Å²) < 4.78 is 2.32. The van der Waals surface area contributed by atoms with Gasteiger partial charge in [-0.25, -0.2) is 0 Å². The van der Waals surface area contributed by atoms with Crippen LogP contribution in [0.3, 0.4) is 0 Å². The molecule has 2 aliphatic rings. The van der Waals surface area contributed by atoms with Gasteiger partial charge in [-0.05, 0) is 95.0 Å². The number of fused-ring (bicyclic) bond motifs is 6. The predicted octanol–water partition coefficient (Wildman–Crippen LogP) is 9.78. The zero-order chi connectivity index (χ0) is 22.9. The molecule has 0 aromatic heterocycles. The van der Waals surface area contributed by atoms with E-state index in [4.69, 9.17) is 0 Å². The van der Waals surface area contributed by atoms with Crippen molar-refractivity contribution in [1.82, 2.24) is 0 Å². The minimum absolute atomic E-state index is 0.397. The van der Waals surface area contributed by atoms with E-state index in [9.17, 15) is 0 Å². The Morgan fingerprint density at radius 2 is 1.09 bits per heavy atom. The monoisotopic (exact) mass is 556 g/mol. The highest BCUT2D eigenvalue weighted by molar-refractivity contribution is 9.10. The summed E-state index contributed by atoms with van der Waals surface area (Å²) in [5.41, 5.74) is 14.2. The lowest BCUT2D eigenvalue weighted by Crippen LogP contribution is -2.13. The summed E-state index contributed by atoms with van der Waals surface area (Å²) in [5.74, 6) is 1.34. The molecule has 0 nitrogen and oxygen atoms in total. The van der Waals surface area contributed by atoms with Gasteiger partial charge in [0.15, 0.2) is 0 Å². The minimum Gasteiger partial charge on any atom is -0.0616 e. The zero-order valence-electron chi connectivity index (χ0n) is 19.1. The Bertz CT molecular complexity index is 1310. The standard InChI is InChI=1S/C31H26Br2/c1-17-4-8-24-26(12-17)27-13-18(2)5-9-25(27)28(24)14-19(3)31-29-15-20(32)6-10-22(29)23-11-7-21(33)16-30(23)31/h4-13,15-16,19,28,31H,14H2,1-3H3. The average Bonchev–Trinajstić information content (AvgIpc) is 3.24. The first-order valence-electron chi connectivity index (χ1n) is 11.7. The van der Waals surface area contributed by atoms with Crippen LogP contribution in [-0.4, -0.2) is 0 Å². The number of hydrogen-bond acceptors (Lipinski definition) is 0. The number of rotatable bonds is 3. The van der Waals surface area contributed by atoms with Crippen LogP contribution in [0.4, 0.5) is 0 Å². The van der Waals surface area contributed by atoms with Gasteiger partial charge in [0, 0.05) is 20.8 Å². The number of aryl methyl sites for hydroxylation is 2. The molecule has 0 amide bonds. The van der Waals surface area contributed by atoms with Crippen molar-refractivity contribution in [2.75, 3.05) is 0 Å². The van der Waals surface area contributed by atoms with Crippen LogP contribution in [-0.2, 0) is 0 Å². The Balaban J connectivity index is 1.45. The molecule has 33 heavy (non-hydrogen) atoms. The summed E-state index contributed by atoms with van der Waals surface area (Å²) in [5, 5.41) is 0. The predicted molar refractivity (Wildman–Crippen MR) is 146 cm³/mol. The summed E-state index contributed by atoms with van der Waals surface area (Å²) in [6.07, 6.45) is 1.13. The van der Waals surface area contributed by atoms with Crippen molar-refractivity contribution < 1.29 is 0 Å². The summed E-state index contributed by atoms with van der Waals surface area (Å²) in [7, 11) is 0. The fourth-order valence-corrected chi connectivity index (χ4v) is 6.95. The van der Waals surface area contributed by atoms with Gasteiger partial charge in [0.05, 0.1) is 0 Å². The van der Waals surface area contributed by atoms with Gasteiger partial charge >= 0.3 is 0 Å². The number of benzene rings is 4. The van der Waals surface area contributed by atoms with Crippen LogP contribution < -0.4 is 0 Å². The smallest absolute Gasteiger partial charge is 0.0178 e. The van der Waals surface area contributed by atoms with Crippen LogP contribution in [0.15, 0.2) is 81.7 Å². The van der Waals surface area contributed by atoms with E-state index in [-0.39, 0.29) is 0 Å². The Morgan fingerprint density at radius 3 is 1.58 bits per heavy atom. The first-order valence-corrected chi connectivity index (χ1v) is 13.3.